The fourth-order valence-corrected chi connectivity index (χ4v) is 1.64. The Morgan fingerprint density at radius 1 is 1.64 bits per heavy atom. The lowest BCUT2D eigenvalue weighted by atomic mass is 10.2. The zero-order valence-corrected chi connectivity index (χ0v) is 9.04. The van der Waals surface area contributed by atoms with Gasteiger partial charge in [0.1, 0.15) is 0 Å². The average molecular weight is 202 g/mol. The SMILES string of the molecule is CCCC1(C)OCC(CC(=O)OC)O1. The van der Waals surface area contributed by atoms with E-state index in [1.165, 1.54) is 7.11 Å². The quantitative estimate of drug-likeness (QED) is 0.648. The summed E-state index contributed by atoms with van der Waals surface area (Å²) in [5.74, 6) is -0.757. The van der Waals surface area contributed by atoms with Crippen molar-refractivity contribution in [3.63, 3.8) is 0 Å². The molecule has 1 saturated heterocycles. The molecule has 0 aromatic rings. The number of ether oxygens (including phenoxy) is 3. The summed E-state index contributed by atoms with van der Waals surface area (Å²) in [6, 6.07) is 0. The van der Waals surface area contributed by atoms with Crippen LogP contribution in [0.1, 0.15) is 33.1 Å². The number of carbonyl (C=O) groups is 1. The summed E-state index contributed by atoms with van der Waals surface area (Å²) in [4.78, 5) is 11.0. The van der Waals surface area contributed by atoms with Crippen molar-refractivity contribution in [2.24, 2.45) is 0 Å². The van der Waals surface area contributed by atoms with Crippen LogP contribution in [0, 0.1) is 0 Å². The van der Waals surface area contributed by atoms with Gasteiger partial charge in [0.25, 0.3) is 0 Å². The molecule has 82 valence electrons. The topological polar surface area (TPSA) is 44.8 Å². The fraction of sp³-hybridized carbons (Fsp3) is 0.900. The largest absolute Gasteiger partial charge is 0.469 e. The summed E-state index contributed by atoms with van der Waals surface area (Å²) in [5, 5.41) is 0. The number of esters is 1. The van der Waals surface area contributed by atoms with Crippen molar-refractivity contribution in [1.82, 2.24) is 0 Å². The summed E-state index contributed by atoms with van der Waals surface area (Å²) < 4.78 is 15.7. The van der Waals surface area contributed by atoms with E-state index in [1.54, 1.807) is 0 Å². The summed E-state index contributed by atoms with van der Waals surface area (Å²) in [7, 11) is 1.38. The molecule has 0 radical (unpaired) electrons. The normalized spacial score (nSPS) is 31.8. The lowest BCUT2D eigenvalue weighted by Crippen LogP contribution is -2.27. The van der Waals surface area contributed by atoms with Crippen molar-refractivity contribution in [1.29, 1.82) is 0 Å². The van der Waals surface area contributed by atoms with Crippen molar-refractivity contribution in [2.45, 2.75) is 45.0 Å². The molecule has 1 aliphatic heterocycles. The van der Waals surface area contributed by atoms with Gasteiger partial charge < -0.3 is 14.2 Å². The number of methoxy groups -OCH3 is 1. The molecule has 0 spiro atoms. The molecule has 0 aromatic heterocycles. The molecule has 0 aromatic carbocycles. The second kappa shape index (κ2) is 4.75. The molecule has 2 unspecified atom stereocenters. The first kappa shape index (κ1) is 11.5. The number of rotatable bonds is 4. The molecule has 14 heavy (non-hydrogen) atoms. The van der Waals surface area contributed by atoms with Crippen LogP contribution in [0.5, 0.6) is 0 Å². The molecule has 0 N–H and O–H groups in total. The number of hydrogen-bond acceptors (Lipinski definition) is 4. The molecular weight excluding hydrogens is 184 g/mol. The van der Waals surface area contributed by atoms with E-state index in [-0.39, 0.29) is 18.5 Å². The van der Waals surface area contributed by atoms with Crippen LogP contribution in [-0.2, 0) is 19.0 Å². The van der Waals surface area contributed by atoms with Crippen molar-refractivity contribution >= 4 is 5.97 Å². The van der Waals surface area contributed by atoms with Crippen LogP contribution in [0.3, 0.4) is 0 Å². The highest BCUT2D eigenvalue weighted by Gasteiger charge is 2.37. The summed E-state index contributed by atoms with van der Waals surface area (Å²) in [5.41, 5.74) is 0. The number of carbonyl (C=O) groups excluding carboxylic acids is 1. The first-order chi connectivity index (χ1) is 6.59. The van der Waals surface area contributed by atoms with Gasteiger partial charge in [0.15, 0.2) is 5.79 Å². The highest BCUT2D eigenvalue weighted by atomic mass is 16.7. The Hall–Kier alpha value is -0.610. The van der Waals surface area contributed by atoms with E-state index in [4.69, 9.17) is 9.47 Å². The highest BCUT2D eigenvalue weighted by Crippen LogP contribution is 2.29. The minimum atomic E-state index is -0.507. The van der Waals surface area contributed by atoms with Crippen LogP contribution in [0.2, 0.25) is 0 Å². The van der Waals surface area contributed by atoms with Crippen LogP contribution in [-0.4, -0.2) is 31.6 Å². The van der Waals surface area contributed by atoms with Gasteiger partial charge in [-0.1, -0.05) is 13.3 Å². The first-order valence-electron chi connectivity index (χ1n) is 4.98. The molecule has 0 aliphatic carbocycles. The van der Waals surface area contributed by atoms with Crippen molar-refractivity contribution < 1.29 is 19.0 Å². The van der Waals surface area contributed by atoms with Gasteiger partial charge in [-0.3, -0.25) is 4.79 Å². The van der Waals surface area contributed by atoms with E-state index in [9.17, 15) is 4.79 Å². The van der Waals surface area contributed by atoms with Gasteiger partial charge in [-0.15, -0.1) is 0 Å². The maximum Gasteiger partial charge on any atom is 0.308 e. The Labute approximate surface area is 84.5 Å². The molecule has 1 heterocycles. The molecule has 1 rings (SSSR count). The Morgan fingerprint density at radius 2 is 2.36 bits per heavy atom. The van der Waals surface area contributed by atoms with Gasteiger partial charge in [0.2, 0.25) is 0 Å². The third-order valence-electron chi connectivity index (χ3n) is 2.32. The molecule has 0 amide bonds. The van der Waals surface area contributed by atoms with E-state index in [1.807, 2.05) is 6.92 Å². The maximum absolute atomic E-state index is 11.0. The molecular formula is C10H18O4. The molecule has 1 aliphatic rings. The molecule has 4 nitrogen and oxygen atoms in total. The molecule has 0 bridgehead atoms. The van der Waals surface area contributed by atoms with Crippen LogP contribution in [0.15, 0.2) is 0 Å². The minimum Gasteiger partial charge on any atom is -0.469 e. The van der Waals surface area contributed by atoms with E-state index >= 15 is 0 Å². The fourth-order valence-electron chi connectivity index (χ4n) is 1.64. The predicted octanol–water partition coefficient (Wildman–Crippen LogP) is 1.48. The minimum absolute atomic E-state index is 0.154. The summed E-state index contributed by atoms with van der Waals surface area (Å²) >= 11 is 0. The van der Waals surface area contributed by atoms with Crippen LogP contribution in [0.4, 0.5) is 0 Å². The van der Waals surface area contributed by atoms with E-state index in [0.717, 1.165) is 12.8 Å². The van der Waals surface area contributed by atoms with Gasteiger partial charge in [-0.2, -0.15) is 0 Å². The number of hydrogen-bond donors (Lipinski definition) is 0. The smallest absolute Gasteiger partial charge is 0.308 e. The maximum atomic E-state index is 11.0. The van der Waals surface area contributed by atoms with Gasteiger partial charge in [-0.05, 0) is 6.92 Å². The van der Waals surface area contributed by atoms with E-state index in [2.05, 4.69) is 11.7 Å². The van der Waals surface area contributed by atoms with Crippen molar-refractivity contribution in [3.8, 4) is 0 Å². The van der Waals surface area contributed by atoms with Crippen LogP contribution < -0.4 is 0 Å². The van der Waals surface area contributed by atoms with E-state index < -0.39 is 5.79 Å². The Balaban J connectivity index is 2.36. The van der Waals surface area contributed by atoms with Gasteiger partial charge >= 0.3 is 5.97 Å². The molecule has 2 atom stereocenters. The predicted molar refractivity (Wildman–Crippen MR) is 50.8 cm³/mol. The summed E-state index contributed by atoms with van der Waals surface area (Å²) in [6.07, 6.45) is 1.97. The van der Waals surface area contributed by atoms with Crippen LogP contribution in [0.25, 0.3) is 0 Å². The Bertz CT molecular complexity index is 204. The zero-order valence-electron chi connectivity index (χ0n) is 9.04. The standard InChI is InChI=1S/C10H18O4/c1-4-5-10(2)13-7-8(14-10)6-9(11)12-3/h8H,4-7H2,1-3H3. The van der Waals surface area contributed by atoms with E-state index in [0.29, 0.717) is 6.61 Å². The second-order valence-electron chi connectivity index (χ2n) is 3.71. The van der Waals surface area contributed by atoms with Gasteiger partial charge in [0.05, 0.1) is 26.2 Å². The zero-order chi connectivity index (χ0) is 10.6. The molecule has 0 saturated carbocycles. The second-order valence-corrected chi connectivity index (χ2v) is 3.71. The van der Waals surface area contributed by atoms with Gasteiger partial charge in [0, 0.05) is 6.42 Å². The Morgan fingerprint density at radius 3 is 2.93 bits per heavy atom. The lowest BCUT2D eigenvalue weighted by Gasteiger charge is -2.22. The lowest BCUT2D eigenvalue weighted by molar-refractivity contribution is -0.163. The van der Waals surface area contributed by atoms with Gasteiger partial charge in [-0.25, -0.2) is 0 Å². The van der Waals surface area contributed by atoms with Crippen molar-refractivity contribution in [3.05, 3.63) is 0 Å². The highest BCUT2D eigenvalue weighted by molar-refractivity contribution is 5.69. The monoisotopic (exact) mass is 202 g/mol. The third kappa shape index (κ3) is 2.96. The summed E-state index contributed by atoms with van der Waals surface area (Å²) in [6.45, 7) is 4.46. The third-order valence-corrected chi connectivity index (χ3v) is 2.32. The average Bonchev–Trinajstić information content (AvgIpc) is 2.48. The Kier molecular flexibility index (Phi) is 3.89. The molecule has 4 heteroatoms. The molecule has 1 fully saturated rings. The first-order valence-corrected chi connectivity index (χ1v) is 4.98. The van der Waals surface area contributed by atoms with Crippen LogP contribution >= 0.6 is 0 Å². The van der Waals surface area contributed by atoms with Crippen molar-refractivity contribution in [2.75, 3.05) is 13.7 Å².